The van der Waals surface area contributed by atoms with Crippen LogP contribution in [0.1, 0.15) is 31.3 Å². The number of nitrogens with zero attached hydrogens (tertiary/aromatic N) is 1. The average molecular weight is 319 g/mol. The molecule has 5 nitrogen and oxygen atoms in total. The number of hydrogen-bond donors (Lipinski definition) is 0. The molecule has 0 aliphatic carbocycles. The van der Waals surface area contributed by atoms with Crippen molar-refractivity contribution >= 4 is 16.8 Å². The van der Waals surface area contributed by atoms with Crippen molar-refractivity contribution in [2.24, 2.45) is 5.41 Å². The molecule has 0 saturated carbocycles. The minimum atomic E-state index is -0.483. The molecule has 1 aromatic carbocycles. The quantitative estimate of drug-likeness (QED) is 0.761. The zero-order valence-corrected chi connectivity index (χ0v) is 14.7. The van der Waals surface area contributed by atoms with Gasteiger partial charge in [0.1, 0.15) is 12.2 Å². The van der Waals surface area contributed by atoms with E-state index in [1.54, 1.807) is 19.2 Å². The van der Waals surface area contributed by atoms with Gasteiger partial charge in [0.25, 0.3) is 0 Å². The summed E-state index contributed by atoms with van der Waals surface area (Å²) in [6, 6.07) is 5.38. The Hall–Kier alpha value is -2.01. The Morgan fingerprint density at radius 3 is 2.43 bits per heavy atom. The molecule has 0 aliphatic heterocycles. The first-order valence-electron chi connectivity index (χ1n) is 7.66. The molecule has 0 unspecified atom stereocenters. The van der Waals surface area contributed by atoms with Gasteiger partial charge in [-0.05, 0) is 26.2 Å². The van der Waals surface area contributed by atoms with E-state index < -0.39 is 5.41 Å². The van der Waals surface area contributed by atoms with Gasteiger partial charge in [0, 0.05) is 23.4 Å². The van der Waals surface area contributed by atoms with E-state index in [1.165, 1.54) is 0 Å². The summed E-state index contributed by atoms with van der Waals surface area (Å²) in [6.45, 7) is 6.98. The predicted octanol–water partition coefficient (Wildman–Crippen LogP) is 3.61. The van der Waals surface area contributed by atoms with Crippen LogP contribution in [-0.2, 0) is 0 Å². The van der Waals surface area contributed by atoms with E-state index in [-0.39, 0.29) is 5.78 Å². The van der Waals surface area contributed by atoms with Crippen LogP contribution >= 0.6 is 0 Å². The Bertz CT molecular complexity index is 695. The number of carbonyl (C=O) groups excluding carboxylic acids is 1. The van der Waals surface area contributed by atoms with Crippen molar-refractivity contribution < 1.29 is 18.7 Å². The van der Waals surface area contributed by atoms with Crippen molar-refractivity contribution in [1.82, 2.24) is 4.90 Å². The van der Waals surface area contributed by atoms with Crippen LogP contribution < -0.4 is 9.47 Å². The molecule has 23 heavy (non-hydrogen) atoms. The lowest BCUT2D eigenvalue weighted by Crippen LogP contribution is -2.19. The van der Waals surface area contributed by atoms with Gasteiger partial charge >= 0.3 is 0 Å². The SMILES string of the molecule is COc1cc2oc(C(=O)C(C)(C)C)cc2cc1OCCN(C)C. The predicted molar refractivity (Wildman–Crippen MR) is 90.6 cm³/mol. The first kappa shape index (κ1) is 17.3. The van der Waals surface area contributed by atoms with Gasteiger partial charge in [0.15, 0.2) is 17.3 Å². The number of likely N-dealkylation sites (N-methyl/N-ethyl adjacent to an activating group) is 1. The van der Waals surface area contributed by atoms with Gasteiger partial charge in [-0.25, -0.2) is 0 Å². The fourth-order valence-corrected chi connectivity index (χ4v) is 2.14. The minimum absolute atomic E-state index is 0.0252. The van der Waals surface area contributed by atoms with Crippen molar-refractivity contribution in [3.63, 3.8) is 0 Å². The first-order chi connectivity index (χ1) is 10.7. The highest BCUT2D eigenvalue weighted by atomic mass is 16.5. The Balaban J connectivity index is 2.33. The van der Waals surface area contributed by atoms with Gasteiger partial charge in [-0.15, -0.1) is 0 Å². The normalized spacial score (nSPS) is 12.0. The highest BCUT2D eigenvalue weighted by Gasteiger charge is 2.26. The van der Waals surface area contributed by atoms with Gasteiger partial charge in [-0.2, -0.15) is 0 Å². The molecule has 0 bridgehead atoms. The molecule has 1 heterocycles. The molecule has 2 rings (SSSR count). The van der Waals surface area contributed by atoms with Crippen LogP contribution in [0.3, 0.4) is 0 Å². The van der Waals surface area contributed by atoms with Crippen LogP contribution in [0.2, 0.25) is 0 Å². The molecule has 0 amide bonds. The number of rotatable bonds is 6. The largest absolute Gasteiger partial charge is 0.493 e. The van der Waals surface area contributed by atoms with E-state index in [4.69, 9.17) is 13.9 Å². The molecule has 5 heteroatoms. The number of furan rings is 1. The molecule has 2 aromatic rings. The summed E-state index contributed by atoms with van der Waals surface area (Å²) in [4.78, 5) is 14.4. The Kier molecular flexibility index (Phi) is 5.00. The second-order valence-corrected chi connectivity index (χ2v) is 6.88. The molecular weight excluding hydrogens is 294 g/mol. The van der Waals surface area contributed by atoms with Gasteiger partial charge in [-0.1, -0.05) is 20.8 Å². The number of hydrogen-bond acceptors (Lipinski definition) is 5. The van der Waals surface area contributed by atoms with Gasteiger partial charge in [0.2, 0.25) is 5.78 Å². The zero-order chi connectivity index (χ0) is 17.2. The maximum Gasteiger partial charge on any atom is 0.203 e. The standard InChI is InChI=1S/C18H25NO4/c1-18(2,3)17(20)16-10-12-9-15(22-8-7-19(4)5)14(21-6)11-13(12)23-16/h9-11H,7-8H2,1-6H3. The second kappa shape index (κ2) is 6.62. The van der Waals surface area contributed by atoms with Crippen molar-refractivity contribution in [2.45, 2.75) is 20.8 Å². The van der Waals surface area contributed by atoms with Crippen molar-refractivity contribution in [3.05, 3.63) is 24.0 Å². The third-order valence-electron chi connectivity index (χ3n) is 3.50. The molecular formula is C18H25NO4. The number of fused-ring (bicyclic) bond motifs is 1. The van der Waals surface area contributed by atoms with E-state index in [9.17, 15) is 4.79 Å². The number of carbonyl (C=O) groups is 1. The smallest absolute Gasteiger partial charge is 0.203 e. The average Bonchev–Trinajstić information content (AvgIpc) is 2.86. The zero-order valence-electron chi connectivity index (χ0n) is 14.7. The lowest BCUT2D eigenvalue weighted by atomic mass is 9.89. The molecule has 0 saturated heterocycles. The summed E-state index contributed by atoms with van der Waals surface area (Å²) < 4.78 is 16.9. The summed E-state index contributed by atoms with van der Waals surface area (Å²) in [5, 5.41) is 0.832. The summed E-state index contributed by atoms with van der Waals surface area (Å²) in [6.07, 6.45) is 0. The van der Waals surface area contributed by atoms with E-state index >= 15 is 0 Å². The Labute approximate surface area is 137 Å². The molecule has 0 radical (unpaired) electrons. The van der Waals surface area contributed by atoms with Crippen LogP contribution in [-0.4, -0.2) is 45.0 Å². The number of Topliss-reactive ketones (excluding diaryl/α,β-unsaturated/α-hetero) is 1. The van der Waals surface area contributed by atoms with E-state index in [0.717, 1.165) is 11.9 Å². The van der Waals surface area contributed by atoms with E-state index in [2.05, 4.69) is 0 Å². The van der Waals surface area contributed by atoms with Crippen LogP contribution in [0.4, 0.5) is 0 Å². The lowest BCUT2D eigenvalue weighted by molar-refractivity contribution is 0.0831. The van der Waals surface area contributed by atoms with Crippen molar-refractivity contribution in [3.8, 4) is 11.5 Å². The summed E-state index contributed by atoms with van der Waals surface area (Å²) >= 11 is 0. The monoisotopic (exact) mass is 319 g/mol. The Morgan fingerprint density at radius 2 is 1.87 bits per heavy atom. The number of ether oxygens (including phenoxy) is 2. The lowest BCUT2D eigenvalue weighted by Gasteiger charge is -2.13. The maximum atomic E-state index is 12.4. The highest BCUT2D eigenvalue weighted by molar-refractivity contribution is 6.01. The van der Waals surface area contributed by atoms with Crippen LogP contribution in [0, 0.1) is 5.41 Å². The van der Waals surface area contributed by atoms with Gasteiger partial charge in [-0.3, -0.25) is 4.79 Å². The van der Waals surface area contributed by atoms with Crippen LogP contribution in [0.5, 0.6) is 11.5 Å². The van der Waals surface area contributed by atoms with Crippen molar-refractivity contribution in [1.29, 1.82) is 0 Å². The fourth-order valence-electron chi connectivity index (χ4n) is 2.14. The third-order valence-corrected chi connectivity index (χ3v) is 3.50. The highest BCUT2D eigenvalue weighted by Crippen LogP contribution is 2.35. The molecule has 126 valence electrons. The van der Waals surface area contributed by atoms with Gasteiger partial charge < -0.3 is 18.8 Å². The summed E-state index contributed by atoms with van der Waals surface area (Å²) in [5.41, 5.74) is 0.137. The first-order valence-corrected chi connectivity index (χ1v) is 7.66. The Morgan fingerprint density at radius 1 is 1.17 bits per heavy atom. The molecule has 0 fully saturated rings. The number of benzene rings is 1. The van der Waals surface area contributed by atoms with Crippen LogP contribution in [0.15, 0.2) is 22.6 Å². The molecule has 0 spiro atoms. The third kappa shape index (κ3) is 4.05. The fraction of sp³-hybridized carbons (Fsp3) is 0.500. The van der Waals surface area contributed by atoms with E-state index in [1.807, 2.05) is 45.8 Å². The molecule has 1 aromatic heterocycles. The molecule has 0 N–H and O–H groups in total. The number of methoxy groups -OCH3 is 1. The summed E-state index contributed by atoms with van der Waals surface area (Å²) in [7, 11) is 5.57. The molecule has 0 atom stereocenters. The molecule has 0 aliphatic rings. The summed E-state index contributed by atoms with van der Waals surface area (Å²) in [5.74, 6) is 1.58. The maximum absolute atomic E-state index is 12.4. The van der Waals surface area contributed by atoms with E-state index in [0.29, 0.717) is 29.4 Å². The topological polar surface area (TPSA) is 51.9 Å². The van der Waals surface area contributed by atoms with Crippen LogP contribution in [0.25, 0.3) is 11.0 Å². The second-order valence-electron chi connectivity index (χ2n) is 6.88. The minimum Gasteiger partial charge on any atom is -0.493 e. The number of ketones is 1. The van der Waals surface area contributed by atoms with Gasteiger partial charge in [0.05, 0.1) is 7.11 Å². The van der Waals surface area contributed by atoms with Crippen molar-refractivity contribution in [2.75, 3.05) is 34.4 Å².